The summed E-state index contributed by atoms with van der Waals surface area (Å²) in [5.74, 6) is 0.772. The summed E-state index contributed by atoms with van der Waals surface area (Å²) in [6, 6.07) is 8.84. The van der Waals surface area contributed by atoms with Crippen LogP contribution < -0.4 is 10.6 Å². The minimum Gasteiger partial charge on any atom is -0.347 e. The molecule has 2 aromatic rings. The molecule has 108 valence electrons. The van der Waals surface area contributed by atoms with E-state index in [0.29, 0.717) is 28.9 Å². The first-order chi connectivity index (χ1) is 10.1. The maximum Gasteiger partial charge on any atom is 0.270 e. The van der Waals surface area contributed by atoms with Crippen LogP contribution in [-0.4, -0.2) is 22.4 Å². The molecule has 1 aromatic heterocycles. The number of amides is 1. The summed E-state index contributed by atoms with van der Waals surface area (Å²) in [7, 11) is 0. The lowest BCUT2D eigenvalue weighted by Gasteiger charge is -2.09. The molecule has 6 heteroatoms. The van der Waals surface area contributed by atoms with E-state index in [0.717, 1.165) is 5.69 Å². The van der Waals surface area contributed by atoms with Crippen molar-refractivity contribution in [1.29, 1.82) is 0 Å². The van der Waals surface area contributed by atoms with Gasteiger partial charge in [-0.1, -0.05) is 23.7 Å². The van der Waals surface area contributed by atoms with Crippen LogP contribution in [0.25, 0.3) is 0 Å². The number of nitrogens with one attached hydrogen (secondary N) is 2. The van der Waals surface area contributed by atoms with Gasteiger partial charge in [0, 0.05) is 23.3 Å². The molecule has 0 atom stereocenters. The zero-order chi connectivity index (χ0) is 15.2. The van der Waals surface area contributed by atoms with Crippen molar-refractivity contribution in [3.63, 3.8) is 0 Å². The van der Waals surface area contributed by atoms with E-state index < -0.39 is 0 Å². The lowest BCUT2D eigenvalue weighted by Crippen LogP contribution is -2.24. The second-order valence-electron chi connectivity index (χ2n) is 4.32. The first-order valence-corrected chi connectivity index (χ1v) is 6.73. The highest BCUT2D eigenvalue weighted by atomic mass is 35.5. The van der Waals surface area contributed by atoms with Crippen LogP contribution in [0.1, 0.15) is 16.3 Å². The monoisotopic (exact) mass is 302 g/mol. The summed E-state index contributed by atoms with van der Waals surface area (Å²) in [5.41, 5.74) is 1.09. The smallest absolute Gasteiger partial charge is 0.270 e. The third-order valence-corrected chi connectivity index (χ3v) is 2.81. The molecule has 2 N–H and O–H groups in total. The summed E-state index contributed by atoms with van der Waals surface area (Å²) in [4.78, 5) is 20.3. The van der Waals surface area contributed by atoms with Crippen LogP contribution in [0.4, 0.5) is 11.5 Å². The quantitative estimate of drug-likeness (QED) is 0.833. The Bertz CT molecular complexity index is 672. The fourth-order valence-corrected chi connectivity index (χ4v) is 1.91. The molecule has 1 aromatic carbocycles. The number of aryl methyl sites for hydroxylation is 1. The Balaban J connectivity index is 2.22. The number of rotatable bonds is 5. The summed E-state index contributed by atoms with van der Waals surface area (Å²) in [5, 5.41) is 6.40. The first-order valence-electron chi connectivity index (χ1n) is 6.36. The van der Waals surface area contributed by atoms with Crippen LogP contribution in [0.2, 0.25) is 5.02 Å². The number of nitrogens with zero attached hydrogens (tertiary/aromatic N) is 2. The number of carbonyl (C=O) groups excluding carboxylic acids is 1. The highest BCUT2D eigenvalue weighted by Gasteiger charge is 2.09. The zero-order valence-corrected chi connectivity index (χ0v) is 12.3. The topological polar surface area (TPSA) is 66.9 Å². The van der Waals surface area contributed by atoms with Crippen molar-refractivity contribution in [3.05, 3.63) is 59.5 Å². The van der Waals surface area contributed by atoms with E-state index in [4.69, 9.17) is 11.6 Å². The lowest BCUT2D eigenvalue weighted by atomic mass is 10.3. The van der Waals surface area contributed by atoms with Gasteiger partial charge in [0.2, 0.25) is 0 Å². The number of benzene rings is 1. The average molecular weight is 303 g/mol. The predicted octanol–water partition coefficient (Wildman–Crippen LogP) is 3.10. The molecule has 0 aliphatic carbocycles. The molecule has 1 heterocycles. The Morgan fingerprint density at radius 2 is 2.19 bits per heavy atom. The normalized spacial score (nSPS) is 10.0. The molecule has 0 bridgehead atoms. The SMILES string of the molecule is C=CCNC(=O)c1cc(Nc2cccc(Cl)c2)nc(C)n1. The number of hydrogen-bond acceptors (Lipinski definition) is 4. The van der Waals surface area contributed by atoms with E-state index in [2.05, 4.69) is 27.2 Å². The Kier molecular flexibility index (Phi) is 4.90. The molecule has 0 saturated carbocycles. The van der Waals surface area contributed by atoms with Gasteiger partial charge in [-0.15, -0.1) is 6.58 Å². The van der Waals surface area contributed by atoms with Crippen molar-refractivity contribution >= 4 is 29.0 Å². The summed E-state index contributed by atoms with van der Waals surface area (Å²) >= 11 is 5.94. The standard InChI is InChI=1S/C15H15ClN4O/c1-3-7-17-15(21)13-9-14(19-10(2)18-13)20-12-6-4-5-11(16)8-12/h3-6,8-9H,1,7H2,2H3,(H,17,21)(H,18,19,20). The van der Waals surface area contributed by atoms with Crippen LogP contribution in [-0.2, 0) is 0 Å². The molecule has 5 nitrogen and oxygen atoms in total. The minimum atomic E-state index is -0.269. The van der Waals surface area contributed by atoms with Crippen molar-refractivity contribution in [2.24, 2.45) is 0 Å². The first kappa shape index (κ1) is 15.0. The van der Waals surface area contributed by atoms with E-state index >= 15 is 0 Å². The summed E-state index contributed by atoms with van der Waals surface area (Å²) in [6.07, 6.45) is 1.61. The maximum absolute atomic E-state index is 11.9. The van der Waals surface area contributed by atoms with E-state index in [1.165, 1.54) is 0 Å². The molecule has 0 unspecified atom stereocenters. The zero-order valence-electron chi connectivity index (χ0n) is 11.6. The molecular weight excluding hydrogens is 288 g/mol. The Labute approximate surface area is 128 Å². The number of halogens is 1. The second kappa shape index (κ2) is 6.85. The highest BCUT2D eigenvalue weighted by Crippen LogP contribution is 2.19. The third-order valence-electron chi connectivity index (χ3n) is 2.57. The third kappa shape index (κ3) is 4.29. The van der Waals surface area contributed by atoms with Crippen molar-refractivity contribution < 1.29 is 4.79 Å². The molecule has 0 saturated heterocycles. The molecule has 0 fully saturated rings. The van der Waals surface area contributed by atoms with Gasteiger partial charge in [0.25, 0.3) is 5.91 Å². The van der Waals surface area contributed by atoms with Gasteiger partial charge in [-0.05, 0) is 25.1 Å². The van der Waals surface area contributed by atoms with Gasteiger partial charge < -0.3 is 10.6 Å². The fraction of sp³-hybridized carbons (Fsp3) is 0.133. The van der Waals surface area contributed by atoms with Crippen molar-refractivity contribution in [3.8, 4) is 0 Å². The lowest BCUT2D eigenvalue weighted by molar-refractivity contribution is 0.0952. The van der Waals surface area contributed by atoms with Gasteiger partial charge in [-0.3, -0.25) is 4.79 Å². The molecule has 1 amide bonds. The number of carbonyl (C=O) groups is 1. The van der Waals surface area contributed by atoms with E-state index in [9.17, 15) is 4.79 Å². The summed E-state index contributed by atoms with van der Waals surface area (Å²) < 4.78 is 0. The number of anilines is 2. The van der Waals surface area contributed by atoms with Crippen molar-refractivity contribution in [2.75, 3.05) is 11.9 Å². The number of hydrogen-bond donors (Lipinski definition) is 2. The molecule has 21 heavy (non-hydrogen) atoms. The second-order valence-corrected chi connectivity index (χ2v) is 4.76. The predicted molar refractivity (Wildman–Crippen MR) is 84.0 cm³/mol. The summed E-state index contributed by atoms with van der Waals surface area (Å²) in [6.45, 7) is 5.67. The molecular formula is C15H15ClN4O. The van der Waals surface area contributed by atoms with Crippen molar-refractivity contribution in [2.45, 2.75) is 6.92 Å². The van der Waals surface area contributed by atoms with Gasteiger partial charge in [-0.25, -0.2) is 9.97 Å². The van der Waals surface area contributed by atoms with Gasteiger partial charge in [0.05, 0.1) is 0 Å². The minimum absolute atomic E-state index is 0.269. The van der Waals surface area contributed by atoms with Gasteiger partial charge in [-0.2, -0.15) is 0 Å². The van der Waals surface area contributed by atoms with Crippen LogP contribution in [0.15, 0.2) is 43.0 Å². The van der Waals surface area contributed by atoms with Gasteiger partial charge in [0.15, 0.2) is 0 Å². The van der Waals surface area contributed by atoms with Gasteiger partial charge in [0.1, 0.15) is 17.3 Å². The largest absolute Gasteiger partial charge is 0.347 e. The Morgan fingerprint density at radius 1 is 1.38 bits per heavy atom. The molecule has 0 aliphatic rings. The average Bonchev–Trinajstić information content (AvgIpc) is 2.44. The van der Waals surface area contributed by atoms with Crippen LogP contribution in [0, 0.1) is 6.92 Å². The fourth-order valence-electron chi connectivity index (χ4n) is 1.72. The molecule has 0 spiro atoms. The van der Waals surface area contributed by atoms with Crippen molar-refractivity contribution in [1.82, 2.24) is 15.3 Å². The van der Waals surface area contributed by atoms with Crippen LogP contribution in [0.5, 0.6) is 0 Å². The van der Waals surface area contributed by atoms with Gasteiger partial charge >= 0.3 is 0 Å². The van der Waals surface area contributed by atoms with E-state index in [-0.39, 0.29) is 5.91 Å². The van der Waals surface area contributed by atoms with Crippen LogP contribution >= 0.6 is 11.6 Å². The Hall–Kier alpha value is -2.40. The van der Waals surface area contributed by atoms with E-state index in [1.807, 2.05) is 12.1 Å². The highest BCUT2D eigenvalue weighted by molar-refractivity contribution is 6.30. The molecule has 2 rings (SSSR count). The Morgan fingerprint density at radius 3 is 2.90 bits per heavy atom. The van der Waals surface area contributed by atoms with Crippen LogP contribution in [0.3, 0.4) is 0 Å². The maximum atomic E-state index is 11.9. The molecule has 0 aliphatic heterocycles. The molecule has 0 radical (unpaired) electrons. The van der Waals surface area contributed by atoms with E-state index in [1.54, 1.807) is 31.2 Å². The number of aromatic nitrogens is 2.